The Balaban J connectivity index is 2.21. The number of hydrogen-bond donors (Lipinski definition) is 0. The number of hydrogen-bond acceptors (Lipinski definition) is 5. The number of thioether (sulfide) groups is 1. The van der Waals surface area contributed by atoms with Gasteiger partial charge in [0.1, 0.15) is 0 Å². The minimum Gasteiger partial charge on any atom is -0.468 e. The van der Waals surface area contributed by atoms with Gasteiger partial charge in [0.2, 0.25) is 0 Å². The van der Waals surface area contributed by atoms with Crippen molar-refractivity contribution in [3.8, 4) is 11.4 Å². The van der Waals surface area contributed by atoms with Crippen LogP contribution in [0.2, 0.25) is 0 Å². The van der Waals surface area contributed by atoms with Crippen LogP contribution in [0.4, 0.5) is 0 Å². The third kappa shape index (κ3) is 3.14. The molecule has 2 aromatic rings. The Bertz CT molecular complexity index is 595. The van der Waals surface area contributed by atoms with Crippen LogP contribution in [-0.2, 0) is 16.6 Å². The Kier molecular flexibility index (Phi) is 4.21. The van der Waals surface area contributed by atoms with Crippen molar-refractivity contribution < 1.29 is 9.53 Å². The molecule has 0 fully saturated rings. The Morgan fingerprint density at radius 1 is 1.42 bits per heavy atom. The van der Waals surface area contributed by atoms with E-state index in [2.05, 4.69) is 21.0 Å². The molecule has 1 aromatic carbocycles. The first kappa shape index (κ1) is 13.6. The molecule has 0 unspecified atom stereocenters. The van der Waals surface area contributed by atoms with Gasteiger partial charge < -0.3 is 9.30 Å². The normalized spacial score (nSPS) is 10.5. The van der Waals surface area contributed by atoms with Gasteiger partial charge in [-0.1, -0.05) is 35.5 Å². The predicted octanol–water partition coefficient (Wildman–Crippen LogP) is 2.06. The molecule has 0 aliphatic rings. The summed E-state index contributed by atoms with van der Waals surface area (Å²) in [5.41, 5.74) is 2.18. The first-order valence-electron chi connectivity index (χ1n) is 5.78. The van der Waals surface area contributed by atoms with Crippen molar-refractivity contribution in [3.05, 3.63) is 29.8 Å². The van der Waals surface area contributed by atoms with Crippen LogP contribution in [0.3, 0.4) is 0 Å². The molecule has 2 rings (SSSR count). The van der Waals surface area contributed by atoms with Gasteiger partial charge in [0, 0.05) is 12.6 Å². The first-order valence-corrected chi connectivity index (χ1v) is 6.76. The molecule has 0 bridgehead atoms. The lowest BCUT2D eigenvalue weighted by Crippen LogP contribution is -2.04. The van der Waals surface area contributed by atoms with Crippen molar-refractivity contribution in [2.24, 2.45) is 7.05 Å². The van der Waals surface area contributed by atoms with Gasteiger partial charge in [-0.3, -0.25) is 4.79 Å². The number of aromatic nitrogens is 3. The summed E-state index contributed by atoms with van der Waals surface area (Å²) in [6.45, 7) is 2.03. The van der Waals surface area contributed by atoms with Gasteiger partial charge in [-0.15, -0.1) is 10.2 Å². The number of esters is 1. The number of carbonyl (C=O) groups excluding carboxylic acids is 1. The van der Waals surface area contributed by atoms with Gasteiger partial charge in [-0.05, 0) is 13.0 Å². The fourth-order valence-electron chi connectivity index (χ4n) is 1.66. The van der Waals surface area contributed by atoms with Gasteiger partial charge in [0.15, 0.2) is 11.0 Å². The number of benzene rings is 1. The summed E-state index contributed by atoms with van der Waals surface area (Å²) in [7, 11) is 3.26. The highest BCUT2D eigenvalue weighted by atomic mass is 32.2. The molecular weight excluding hydrogens is 262 g/mol. The maximum absolute atomic E-state index is 11.1. The van der Waals surface area contributed by atoms with E-state index in [9.17, 15) is 4.79 Å². The maximum atomic E-state index is 11.1. The number of rotatable bonds is 4. The number of methoxy groups -OCH3 is 1. The van der Waals surface area contributed by atoms with E-state index in [1.165, 1.54) is 24.4 Å². The van der Waals surface area contributed by atoms with Gasteiger partial charge >= 0.3 is 5.97 Å². The summed E-state index contributed by atoms with van der Waals surface area (Å²) < 4.78 is 6.48. The summed E-state index contributed by atoms with van der Waals surface area (Å²) in [5, 5.41) is 8.96. The van der Waals surface area contributed by atoms with Crippen LogP contribution in [-0.4, -0.2) is 33.6 Å². The van der Waals surface area contributed by atoms with E-state index in [1.54, 1.807) is 0 Å². The first-order chi connectivity index (χ1) is 9.11. The average molecular weight is 277 g/mol. The number of ether oxygens (including phenoxy) is 1. The van der Waals surface area contributed by atoms with E-state index >= 15 is 0 Å². The maximum Gasteiger partial charge on any atom is 0.316 e. The molecule has 0 spiro atoms. The van der Waals surface area contributed by atoms with E-state index in [4.69, 9.17) is 0 Å². The second-order valence-electron chi connectivity index (χ2n) is 4.10. The second kappa shape index (κ2) is 5.88. The molecule has 0 N–H and O–H groups in total. The van der Waals surface area contributed by atoms with Crippen LogP contribution < -0.4 is 0 Å². The lowest BCUT2D eigenvalue weighted by Gasteiger charge is -2.04. The van der Waals surface area contributed by atoms with Gasteiger partial charge in [-0.2, -0.15) is 0 Å². The molecule has 0 aliphatic heterocycles. The lowest BCUT2D eigenvalue weighted by molar-refractivity contribution is -0.137. The summed E-state index contributed by atoms with van der Waals surface area (Å²) in [6.07, 6.45) is 0. The molecule has 0 amide bonds. The minimum atomic E-state index is -0.273. The predicted molar refractivity (Wildman–Crippen MR) is 73.9 cm³/mol. The average Bonchev–Trinajstić information content (AvgIpc) is 2.77. The van der Waals surface area contributed by atoms with E-state index in [1.807, 2.05) is 36.7 Å². The molecule has 100 valence electrons. The standard InChI is InChI=1S/C13H15N3O2S/c1-9-5-4-6-10(7-9)12-14-15-13(16(12)2)19-8-11(17)18-3/h4-7H,8H2,1-3H3. The largest absolute Gasteiger partial charge is 0.468 e. The zero-order chi connectivity index (χ0) is 13.8. The number of nitrogens with zero attached hydrogens (tertiary/aromatic N) is 3. The van der Waals surface area contributed by atoms with Crippen LogP contribution in [0.15, 0.2) is 29.4 Å². The summed E-state index contributed by atoms with van der Waals surface area (Å²) in [4.78, 5) is 11.1. The van der Waals surface area contributed by atoms with Crippen LogP contribution in [0, 0.1) is 6.92 Å². The van der Waals surface area contributed by atoms with Crippen molar-refractivity contribution in [1.29, 1.82) is 0 Å². The van der Waals surface area contributed by atoms with Crippen LogP contribution in [0.1, 0.15) is 5.56 Å². The molecule has 0 aliphatic carbocycles. The molecule has 0 atom stereocenters. The zero-order valence-corrected chi connectivity index (χ0v) is 11.9. The summed E-state index contributed by atoms with van der Waals surface area (Å²) >= 11 is 1.31. The smallest absolute Gasteiger partial charge is 0.316 e. The fourth-order valence-corrected chi connectivity index (χ4v) is 2.40. The van der Waals surface area contributed by atoms with Gasteiger partial charge in [0.25, 0.3) is 0 Å². The van der Waals surface area contributed by atoms with E-state index in [0.717, 1.165) is 11.4 Å². The van der Waals surface area contributed by atoms with Crippen molar-refractivity contribution >= 4 is 17.7 Å². The van der Waals surface area contributed by atoms with Gasteiger partial charge in [-0.25, -0.2) is 0 Å². The van der Waals surface area contributed by atoms with E-state index in [-0.39, 0.29) is 11.7 Å². The van der Waals surface area contributed by atoms with Gasteiger partial charge in [0.05, 0.1) is 12.9 Å². The molecule has 1 aromatic heterocycles. The van der Waals surface area contributed by atoms with Crippen molar-refractivity contribution in [2.75, 3.05) is 12.9 Å². The number of aryl methyl sites for hydroxylation is 1. The summed E-state index contributed by atoms with van der Waals surface area (Å²) in [5.74, 6) is 0.747. The molecule has 0 radical (unpaired) electrons. The van der Waals surface area contributed by atoms with Crippen LogP contribution >= 0.6 is 11.8 Å². The van der Waals surface area contributed by atoms with Crippen molar-refractivity contribution in [1.82, 2.24) is 14.8 Å². The third-order valence-electron chi connectivity index (χ3n) is 2.66. The topological polar surface area (TPSA) is 57.0 Å². The number of carbonyl (C=O) groups is 1. The van der Waals surface area contributed by atoms with Crippen molar-refractivity contribution in [3.63, 3.8) is 0 Å². The van der Waals surface area contributed by atoms with Crippen LogP contribution in [0.5, 0.6) is 0 Å². The Labute approximate surface area is 116 Å². The van der Waals surface area contributed by atoms with E-state index < -0.39 is 0 Å². The molecule has 5 nitrogen and oxygen atoms in total. The van der Waals surface area contributed by atoms with Crippen molar-refractivity contribution in [2.45, 2.75) is 12.1 Å². The highest BCUT2D eigenvalue weighted by Gasteiger charge is 2.12. The Morgan fingerprint density at radius 3 is 2.89 bits per heavy atom. The second-order valence-corrected chi connectivity index (χ2v) is 5.04. The molecule has 1 heterocycles. The molecule has 6 heteroatoms. The third-order valence-corrected chi connectivity index (χ3v) is 3.65. The zero-order valence-electron chi connectivity index (χ0n) is 11.1. The molecule has 19 heavy (non-hydrogen) atoms. The molecule has 0 saturated heterocycles. The fraction of sp³-hybridized carbons (Fsp3) is 0.308. The van der Waals surface area contributed by atoms with Crippen LogP contribution in [0.25, 0.3) is 11.4 Å². The Morgan fingerprint density at radius 2 is 2.21 bits per heavy atom. The quantitative estimate of drug-likeness (QED) is 0.632. The SMILES string of the molecule is COC(=O)CSc1nnc(-c2cccc(C)c2)n1C. The molecular formula is C13H15N3O2S. The Hall–Kier alpha value is -1.82. The highest BCUT2D eigenvalue weighted by Crippen LogP contribution is 2.23. The minimum absolute atomic E-state index is 0.232. The molecule has 0 saturated carbocycles. The highest BCUT2D eigenvalue weighted by molar-refractivity contribution is 7.99. The lowest BCUT2D eigenvalue weighted by atomic mass is 10.1. The monoisotopic (exact) mass is 277 g/mol. The summed E-state index contributed by atoms with van der Waals surface area (Å²) in [6, 6.07) is 8.07. The van der Waals surface area contributed by atoms with E-state index in [0.29, 0.717) is 5.16 Å².